The van der Waals surface area contributed by atoms with Gasteiger partial charge in [-0.15, -0.1) is 0 Å². The molecule has 0 aliphatic carbocycles. The van der Waals surface area contributed by atoms with Gasteiger partial charge in [0.15, 0.2) is 0 Å². The second kappa shape index (κ2) is 10.4. The summed E-state index contributed by atoms with van der Waals surface area (Å²) in [5.74, 6) is 0.358. The molecule has 0 aliphatic heterocycles. The van der Waals surface area contributed by atoms with Gasteiger partial charge in [-0.3, -0.25) is 4.21 Å². The van der Waals surface area contributed by atoms with Gasteiger partial charge in [0, 0.05) is 23.7 Å². The third-order valence-electron chi connectivity index (χ3n) is 4.23. The molecule has 0 aromatic heterocycles. The Labute approximate surface area is 168 Å². The number of carbonyl (C=O) groups excluding carboxylic acids is 1. The third-order valence-corrected chi connectivity index (χ3v) is 5.58. The van der Waals surface area contributed by atoms with Gasteiger partial charge in [0.1, 0.15) is 6.61 Å². The van der Waals surface area contributed by atoms with E-state index in [0.717, 1.165) is 16.0 Å². The minimum absolute atomic E-state index is 0.215. The molecule has 3 aromatic carbocycles. The van der Waals surface area contributed by atoms with E-state index in [2.05, 4.69) is 0 Å². The zero-order valence-electron chi connectivity index (χ0n) is 15.6. The Morgan fingerprint density at radius 1 is 0.786 bits per heavy atom. The van der Waals surface area contributed by atoms with E-state index in [1.54, 1.807) is 4.90 Å². The van der Waals surface area contributed by atoms with Gasteiger partial charge < -0.3 is 9.64 Å². The quantitative estimate of drug-likeness (QED) is 0.560. The van der Waals surface area contributed by atoms with Gasteiger partial charge in [0.2, 0.25) is 0 Å². The van der Waals surface area contributed by atoms with Crippen LogP contribution in [-0.2, 0) is 28.7 Å². The van der Waals surface area contributed by atoms with Crippen molar-refractivity contribution in [1.82, 2.24) is 4.90 Å². The highest BCUT2D eigenvalue weighted by Gasteiger charge is 2.17. The average Bonchev–Trinajstić information content (AvgIpc) is 2.76. The number of rotatable bonds is 8. The van der Waals surface area contributed by atoms with Crippen LogP contribution in [0.2, 0.25) is 0 Å². The molecule has 0 N–H and O–H groups in total. The van der Waals surface area contributed by atoms with E-state index in [4.69, 9.17) is 4.74 Å². The third kappa shape index (κ3) is 6.06. The van der Waals surface area contributed by atoms with E-state index in [-0.39, 0.29) is 6.61 Å². The Morgan fingerprint density at radius 3 is 1.93 bits per heavy atom. The fourth-order valence-electron chi connectivity index (χ4n) is 2.73. The molecule has 4 nitrogen and oxygen atoms in total. The molecule has 3 aromatic rings. The van der Waals surface area contributed by atoms with E-state index in [1.165, 1.54) is 0 Å². The molecule has 3 rings (SSSR count). The maximum absolute atomic E-state index is 12.7. The Balaban J connectivity index is 1.63. The zero-order valence-corrected chi connectivity index (χ0v) is 16.4. The number of nitrogens with zero attached hydrogens (tertiary/aromatic N) is 1. The normalized spacial score (nSPS) is 11.6. The maximum atomic E-state index is 12.7. The molecule has 1 atom stereocenters. The first-order valence-electron chi connectivity index (χ1n) is 9.15. The Kier molecular flexibility index (Phi) is 7.38. The lowest BCUT2D eigenvalue weighted by molar-refractivity contribution is 0.0959. The van der Waals surface area contributed by atoms with Crippen LogP contribution in [0.3, 0.4) is 0 Å². The number of ether oxygens (including phenoxy) is 1. The van der Waals surface area contributed by atoms with Crippen molar-refractivity contribution in [2.45, 2.75) is 18.0 Å². The number of hydrogen-bond acceptors (Lipinski definition) is 3. The zero-order chi connectivity index (χ0) is 19.6. The van der Waals surface area contributed by atoms with E-state index < -0.39 is 16.9 Å². The smallest absolute Gasteiger partial charge is 0.410 e. The van der Waals surface area contributed by atoms with Crippen LogP contribution in [0.1, 0.15) is 11.1 Å². The van der Waals surface area contributed by atoms with Crippen LogP contribution in [0.15, 0.2) is 95.9 Å². The summed E-state index contributed by atoms with van der Waals surface area (Å²) >= 11 is 0. The average molecular weight is 394 g/mol. The van der Waals surface area contributed by atoms with Crippen molar-refractivity contribution in [1.29, 1.82) is 0 Å². The number of amides is 1. The summed E-state index contributed by atoms with van der Waals surface area (Å²) in [6.07, 6.45) is -0.405. The van der Waals surface area contributed by atoms with Gasteiger partial charge in [-0.1, -0.05) is 78.9 Å². The van der Waals surface area contributed by atoms with E-state index in [9.17, 15) is 9.00 Å². The van der Waals surface area contributed by atoms with Gasteiger partial charge in [0.25, 0.3) is 0 Å². The largest absolute Gasteiger partial charge is 0.445 e. The summed E-state index contributed by atoms with van der Waals surface area (Å²) in [7, 11) is -1.17. The van der Waals surface area contributed by atoms with Gasteiger partial charge in [-0.25, -0.2) is 4.79 Å². The molecule has 0 radical (unpaired) electrons. The highest BCUT2D eigenvalue weighted by molar-refractivity contribution is 7.85. The standard InChI is InChI=1S/C23H23NO3S/c25-23(27-19-21-12-6-2-7-13-21)24(18-20-10-4-1-5-11-20)16-17-28(26)22-14-8-3-9-15-22/h1-15H,16-19H2. The first-order chi connectivity index (χ1) is 13.7. The van der Waals surface area contributed by atoms with Crippen LogP contribution >= 0.6 is 0 Å². The monoisotopic (exact) mass is 393 g/mol. The van der Waals surface area contributed by atoms with E-state index >= 15 is 0 Å². The minimum Gasteiger partial charge on any atom is -0.445 e. The molecular weight excluding hydrogens is 370 g/mol. The van der Waals surface area contributed by atoms with Gasteiger partial charge in [0.05, 0.1) is 10.8 Å². The molecule has 28 heavy (non-hydrogen) atoms. The summed E-state index contributed by atoms with van der Waals surface area (Å²) in [4.78, 5) is 15.0. The summed E-state index contributed by atoms with van der Waals surface area (Å²) in [6.45, 7) is 0.983. The van der Waals surface area contributed by atoms with Gasteiger partial charge in [-0.2, -0.15) is 0 Å². The fraction of sp³-hybridized carbons (Fsp3) is 0.174. The van der Waals surface area contributed by atoms with E-state index in [0.29, 0.717) is 18.8 Å². The van der Waals surface area contributed by atoms with Crippen LogP contribution in [0.5, 0.6) is 0 Å². The number of benzene rings is 3. The van der Waals surface area contributed by atoms with Crippen molar-refractivity contribution in [2.24, 2.45) is 0 Å². The minimum atomic E-state index is -1.17. The summed E-state index contributed by atoms with van der Waals surface area (Å²) in [5, 5.41) is 0. The summed E-state index contributed by atoms with van der Waals surface area (Å²) < 4.78 is 18.0. The first-order valence-corrected chi connectivity index (χ1v) is 10.5. The molecule has 0 saturated heterocycles. The highest BCUT2D eigenvalue weighted by Crippen LogP contribution is 2.11. The summed E-state index contributed by atoms with van der Waals surface area (Å²) in [6, 6.07) is 28.6. The molecule has 1 amide bonds. The van der Waals surface area contributed by atoms with Crippen LogP contribution in [-0.4, -0.2) is 27.5 Å². The Hall–Kier alpha value is -2.92. The van der Waals surface area contributed by atoms with Crippen molar-refractivity contribution in [3.8, 4) is 0 Å². The van der Waals surface area contributed by atoms with Crippen LogP contribution in [0.25, 0.3) is 0 Å². The highest BCUT2D eigenvalue weighted by atomic mass is 32.2. The van der Waals surface area contributed by atoms with Gasteiger partial charge in [-0.05, 0) is 23.3 Å². The molecule has 0 heterocycles. The molecule has 5 heteroatoms. The maximum Gasteiger partial charge on any atom is 0.410 e. The second-order valence-corrected chi connectivity index (χ2v) is 7.88. The second-order valence-electron chi connectivity index (χ2n) is 6.31. The lowest BCUT2D eigenvalue weighted by atomic mass is 10.2. The lowest BCUT2D eigenvalue weighted by Gasteiger charge is -2.22. The first kappa shape index (κ1) is 19.8. The van der Waals surface area contributed by atoms with Crippen molar-refractivity contribution in [3.05, 3.63) is 102 Å². The van der Waals surface area contributed by atoms with Crippen LogP contribution in [0.4, 0.5) is 4.79 Å². The SMILES string of the molecule is O=C(OCc1ccccc1)N(CCS(=O)c1ccccc1)Cc1ccccc1. The van der Waals surface area contributed by atoms with E-state index in [1.807, 2.05) is 91.0 Å². The molecule has 0 saturated carbocycles. The van der Waals surface area contributed by atoms with Crippen LogP contribution in [0, 0.1) is 0 Å². The molecule has 144 valence electrons. The molecule has 0 fully saturated rings. The van der Waals surface area contributed by atoms with Crippen LogP contribution < -0.4 is 0 Å². The van der Waals surface area contributed by atoms with Crippen molar-refractivity contribution in [3.63, 3.8) is 0 Å². The lowest BCUT2D eigenvalue weighted by Crippen LogP contribution is -2.34. The fourth-order valence-corrected chi connectivity index (χ4v) is 3.82. The summed E-state index contributed by atoms with van der Waals surface area (Å²) in [5.41, 5.74) is 1.94. The molecular formula is C23H23NO3S. The number of carbonyl (C=O) groups is 1. The predicted molar refractivity (Wildman–Crippen MR) is 111 cm³/mol. The predicted octanol–water partition coefficient (Wildman–Crippen LogP) is 4.63. The molecule has 0 aliphatic rings. The Bertz CT molecular complexity index is 885. The topological polar surface area (TPSA) is 46.6 Å². The van der Waals surface area contributed by atoms with Crippen molar-refractivity contribution >= 4 is 16.9 Å². The van der Waals surface area contributed by atoms with Crippen molar-refractivity contribution in [2.75, 3.05) is 12.3 Å². The molecule has 1 unspecified atom stereocenters. The van der Waals surface area contributed by atoms with Gasteiger partial charge >= 0.3 is 6.09 Å². The number of hydrogen-bond donors (Lipinski definition) is 0. The Morgan fingerprint density at radius 2 is 1.32 bits per heavy atom. The molecule has 0 bridgehead atoms. The van der Waals surface area contributed by atoms with Crippen molar-refractivity contribution < 1.29 is 13.7 Å². The molecule has 0 spiro atoms.